The Morgan fingerprint density at radius 3 is 2.61 bits per heavy atom. The van der Waals surface area contributed by atoms with Crippen molar-refractivity contribution in [3.8, 4) is 17.1 Å². The minimum absolute atomic E-state index is 0.374. The summed E-state index contributed by atoms with van der Waals surface area (Å²) in [6.45, 7) is 1.76. The molecule has 0 bridgehead atoms. The topological polar surface area (TPSA) is 38.5 Å². The molecule has 1 unspecified atom stereocenters. The van der Waals surface area contributed by atoms with Gasteiger partial charge in [-0.1, -0.05) is 36.6 Å². The van der Waals surface area contributed by atoms with Crippen LogP contribution < -0.4 is 4.74 Å². The average Bonchev–Trinajstić information content (AvgIpc) is 3.07. The molecule has 4 nitrogen and oxygen atoms in total. The number of likely N-dealkylation sites (tertiary alicyclic amines) is 1. The van der Waals surface area contributed by atoms with Crippen molar-refractivity contribution >= 4 is 11.6 Å². The second kappa shape index (κ2) is 8.80. The maximum Gasteiger partial charge on any atom is 0.209 e. The molecular formula is C23H25ClN2O2. The zero-order chi connectivity index (χ0) is 19.3. The summed E-state index contributed by atoms with van der Waals surface area (Å²) in [5.41, 5.74) is 2.32. The van der Waals surface area contributed by atoms with E-state index in [4.69, 9.17) is 20.8 Å². The Morgan fingerprint density at radius 1 is 1.07 bits per heavy atom. The Labute approximate surface area is 171 Å². The second-order valence-electron chi connectivity index (χ2n) is 7.23. The molecule has 0 spiro atoms. The molecule has 1 aliphatic heterocycles. The Bertz CT molecular complexity index is 890. The quantitative estimate of drug-likeness (QED) is 0.520. The first-order chi connectivity index (χ1) is 13.7. The molecule has 1 aliphatic rings. The smallest absolute Gasteiger partial charge is 0.209 e. The fourth-order valence-electron chi connectivity index (χ4n) is 3.87. The van der Waals surface area contributed by atoms with Gasteiger partial charge in [0.15, 0.2) is 5.76 Å². The van der Waals surface area contributed by atoms with E-state index in [-0.39, 0.29) is 0 Å². The van der Waals surface area contributed by atoms with Crippen LogP contribution in [-0.4, -0.2) is 23.5 Å². The zero-order valence-corrected chi connectivity index (χ0v) is 16.9. The van der Waals surface area contributed by atoms with Crippen molar-refractivity contribution in [3.05, 3.63) is 71.2 Å². The van der Waals surface area contributed by atoms with E-state index in [1.54, 1.807) is 13.3 Å². The number of halogens is 1. The lowest BCUT2D eigenvalue weighted by atomic mass is 10.0. The normalized spacial score (nSPS) is 18.0. The summed E-state index contributed by atoms with van der Waals surface area (Å²) < 4.78 is 11.4. The number of nitrogens with zero attached hydrogens (tertiary/aromatic N) is 2. The van der Waals surface area contributed by atoms with Gasteiger partial charge in [0.2, 0.25) is 5.89 Å². The lowest BCUT2D eigenvalue weighted by molar-refractivity contribution is 0.175. The van der Waals surface area contributed by atoms with Crippen LogP contribution in [0.5, 0.6) is 5.75 Å². The van der Waals surface area contributed by atoms with Crippen LogP contribution in [0.3, 0.4) is 0 Å². The molecule has 146 valence electrons. The third kappa shape index (κ3) is 4.40. The third-order valence-electron chi connectivity index (χ3n) is 5.38. The zero-order valence-electron chi connectivity index (χ0n) is 16.1. The van der Waals surface area contributed by atoms with E-state index in [0.717, 1.165) is 41.0 Å². The number of hydrogen-bond acceptors (Lipinski definition) is 4. The summed E-state index contributed by atoms with van der Waals surface area (Å²) in [6, 6.07) is 16.5. The lowest BCUT2D eigenvalue weighted by Gasteiger charge is -2.29. The molecule has 5 heteroatoms. The van der Waals surface area contributed by atoms with Gasteiger partial charge in [0, 0.05) is 16.6 Å². The maximum atomic E-state index is 6.06. The highest BCUT2D eigenvalue weighted by Crippen LogP contribution is 2.33. The van der Waals surface area contributed by atoms with Crippen LogP contribution >= 0.6 is 11.6 Å². The summed E-state index contributed by atoms with van der Waals surface area (Å²) in [7, 11) is 1.70. The van der Waals surface area contributed by atoms with Crippen molar-refractivity contribution in [1.82, 2.24) is 9.88 Å². The average molecular weight is 397 g/mol. The summed E-state index contributed by atoms with van der Waals surface area (Å²) >= 11 is 5.98. The van der Waals surface area contributed by atoms with E-state index in [2.05, 4.69) is 22.0 Å². The molecule has 4 rings (SSSR count). The van der Waals surface area contributed by atoms with E-state index < -0.39 is 0 Å². The number of hydrogen-bond donors (Lipinski definition) is 0. The van der Waals surface area contributed by atoms with Crippen LogP contribution in [0.25, 0.3) is 11.3 Å². The predicted octanol–water partition coefficient (Wildman–Crippen LogP) is 6.12. The Balaban J connectivity index is 1.53. The van der Waals surface area contributed by atoms with E-state index in [9.17, 15) is 0 Å². The summed E-state index contributed by atoms with van der Waals surface area (Å²) in [5, 5.41) is 0.718. The molecular weight excluding hydrogens is 372 g/mol. The highest BCUT2D eigenvalue weighted by atomic mass is 35.5. The van der Waals surface area contributed by atoms with Crippen LogP contribution in [0.15, 0.2) is 59.1 Å². The number of methoxy groups -OCH3 is 1. The fraction of sp³-hybridized carbons (Fsp3) is 0.348. The highest BCUT2D eigenvalue weighted by molar-refractivity contribution is 6.30. The number of benzene rings is 2. The van der Waals surface area contributed by atoms with Gasteiger partial charge >= 0.3 is 0 Å². The maximum absolute atomic E-state index is 6.06. The van der Waals surface area contributed by atoms with E-state index in [1.807, 2.05) is 36.4 Å². The van der Waals surface area contributed by atoms with Crippen LogP contribution in [0.4, 0.5) is 0 Å². The number of ether oxygens (including phenoxy) is 1. The van der Waals surface area contributed by atoms with Gasteiger partial charge < -0.3 is 9.15 Å². The molecule has 28 heavy (non-hydrogen) atoms. The number of aromatic nitrogens is 1. The first kappa shape index (κ1) is 19.0. The first-order valence-corrected chi connectivity index (χ1v) is 10.2. The minimum atomic E-state index is 0.374. The Morgan fingerprint density at radius 2 is 1.86 bits per heavy atom. The monoisotopic (exact) mass is 396 g/mol. The molecule has 2 heterocycles. The van der Waals surface area contributed by atoms with Gasteiger partial charge in [-0.15, -0.1) is 0 Å². The van der Waals surface area contributed by atoms with Crippen LogP contribution in [0.1, 0.15) is 43.2 Å². The lowest BCUT2D eigenvalue weighted by Crippen LogP contribution is -2.28. The molecule has 1 fully saturated rings. The molecule has 0 N–H and O–H groups in total. The predicted molar refractivity (Wildman–Crippen MR) is 112 cm³/mol. The Kier molecular flexibility index (Phi) is 5.98. The first-order valence-electron chi connectivity index (χ1n) is 9.81. The molecule has 3 aromatic rings. The van der Waals surface area contributed by atoms with Crippen molar-refractivity contribution in [1.29, 1.82) is 0 Å². The van der Waals surface area contributed by atoms with Gasteiger partial charge in [-0.25, -0.2) is 4.98 Å². The second-order valence-corrected chi connectivity index (χ2v) is 7.67. The van der Waals surface area contributed by atoms with Crippen LogP contribution in [0.2, 0.25) is 5.02 Å². The SMILES string of the molecule is COc1ccc(C2CCCCCN2Cc2ncc(-c3ccc(Cl)cc3)o2)cc1. The molecule has 0 saturated carbocycles. The van der Waals surface area contributed by atoms with Gasteiger partial charge in [0.05, 0.1) is 19.9 Å². The van der Waals surface area contributed by atoms with Crippen molar-refractivity contribution < 1.29 is 9.15 Å². The molecule has 1 aromatic heterocycles. The van der Waals surface area contributed by atoms with Gasteiger partial charge in [-0.05, 0) is 61.3 Å². The molecule has 0 aliphatic carbocycles. The van der Waals surface area contributed by atoms with Gasteiger partial charge in [0.25, 0.3) is 0 Å². The summed E-state index contributed by atoms with van der Waals surface area (Å²) in [6.07, 6.45) is 6.67. The molecule has 1 saturated heterocycles. The fourth-order valence-corrected chi connectivity index (χ4v) is 3.99. The van der Waals surface area contributed by atoms with Crippen LogP contribution in [0, 0.1) is 0 Å². The van der Waals surface area contributed by atoms with Gasteiger partial charge in [-0.2, -0.15) is 0 Å². The molecule has 1 atom stereocenters. The van der Waals surface area contributed by atoms with E-state index in [0.29, 0.717) is 12.6 Å². The summed E-state index contributed by atoms with van der Waals surface area (Å²) in [4.78, 5) is 7.03. The van der Waals surface area contributed by atoms with Crippen LogP contribution in [-0.2, 0) is 6.54 Å². The molecule has 0 radical (unpaired) electrons. The van der Waals surface area contributed by atoms with Gasteiger partial charge in [0.1, 0.15) is 5.75 Å². The number of rotatable bonds is 5. The molecule has 2 aromatic carbocycles. The van der Waals surface area contributed by atoms with E-state index in [1.165, 1.54) is 24.8 Å². The third-order valence-corrected chi connectivity index (χ3v) is 5.64. The van der Waals surface area contributed by atoms with Crippen molar-refractivity contribution in [2.24, 2.45) is 0 Å². The Hall–Kier alpha value is -2.30. The minimum Gasteiger partial charge on any atom is -0.497 e. The highest BCUT2D eigenvalue weighted by Gasteiger charge is 2.24. The largest absolute Gasteiger partial charge is 0.497 e. The van der Waals surface area contributed by atoms with Gasteiger partial charge in [-0.3, -0.25) is 4.90 Å². The van der Waals surface area contributed by atoms with Crippen molar-refractivity contribution in [2.75, 3.05) is 13.7 Å². The van der Waals surface area contributed by atoms with Crippen molar-refractivity contribution in [3.63, 3.8) is 0 Å². The standard InChI is InChI=1S/C23H25ClN2O2/c1-27-20-12-8-17(9-13-20)21-5-3-2-4-14-26(21)16-23-25-15-22(28-23)18-6-10-19(24)11-7-18/h6-13,15,21H,2-5,14,16H2,1H3. The van der Waals surface area contributed by atoms with E-state index >= 15 is 0 Å². The molecule has 0 amide bonds. The summed E-state index contributed by atoms with van der Waals surface area (Å²) in [5.74, 6) is 2.43. The number of oxazole rings is 1. The van der Waals surface area contributed by atoms with Crippen molar-refractivity contribution in [2.45, 2.75) is 38.3 Å².